The molecule has 2 aliphatic heterocycles. The number of carbonyl (C=O) groups is 1. The lowest BCUT2D eigenvalue weighted by Crippen LogP contribution is -2.47. The van der Waals surface area contributed by atoms with E-state index in [0.29, 0.717) is 18.0 Å². The van der Waals surface area contributed by atoms with Crippen molar-refractivity contribution in [1.82, 2.24) is 15.3 Å². The van der Waals surface area contributed by atoms with Crippen molar-refractivity contribution in [1.29, 1.82) is 0 Å². The van der Waals surface area contributed by atoms with Gasteiger partial charge in [0, 0.05) is 34.0 Å². The van der Waals surface area contributed by atoms with E-state index in [1.165, 1.54) is 0 Å². The van der Waals surface area contributed by atoms with Gasteiger partial charge in [-0.05, 0) is 68.9 Å². The van der Waals surface area contributed by atoms with Gasteiger partial charge in [0.05, 0.1) is 11.1 Å². The zero-order valence-electron chi connectivity index (χ0n) is 19.2. The lowest BCUT2D eigenvalue weighted by atomic mass is 10.0. The highest BCUT2D eigenvalue weighted by molar-refractivity contribution is 5.92. The summed E-state index contributed by atoms with van der Waals surface area (Å²) in [6.07, 6.45) is 3.17. The summed E-state index contributed by atoms with van der Waals surface area (Å²) >= 11 is 0. The van der Waals surface area contributed by atoms with E-state index in [1.54, 1.807) is 6.07 Å². The third-order valence-corrected chi connectivity index (χ3v) is 6.67. The van der Waals surface area contributed by atoms with Crippen LogP contribution in [0.1, 0.15) is 39.7 Å². The third-order valence-electron chi connectivity index (χ3n) is 6.67. The zero-order chi connectivity index (χ0) is 22.9. The predicted molar refractivity (Wildman–Crippen MR) is 133 cm³/mol. The van der Waals surface area contributed by atoms with E-state index in [-0.39, 0.29) is 26.7 Å². The number of phenolic OH excluding ortho intramolecular Hbond substituents is 1. The van der Waals surface area contributed by atoms with Gasteiger partial charge in [-0.2, -0.15) is 0 Å². The molecule has 0 bridgehead atoms. The van der Waals surface area contributed by atoms with Crippen molar-refractivity contribution in [3.05, 3.63) is 47.5 Å². The molecule has 3 aromatic rings. The van der Waals surface area contributed by atoms with Gasteiger partial charge in [0.1, 0.15) is 17.7 Å². The molecule has 33 heavy (non-hydrogen) atoms. The molecule has 0 aliphatic carbocycles. The van der Waals surface area contributed by atoms with Crippen LogP contribution in [0, 0.1) is 13.8 Å². The first-order valence-corrected chi connectivity index (χ1v) is 11.7. The fraction of sp³-hybridized carbons (Fsp3) is 0.423. The molecule has 2 fully saturated rings. The van der Waals surface area contributed by atoms with E-state index < -0.39 is 0 Å². The van der Waals surface area contributed by atoms with Gasteiger partial charge in [-0.1, -0.05) is 18.2 Å². The Kier molecular flexibility index (Phi) is 5.89. The second-order valence-corrected chi connectivity index (χ2v) is 9.13. The van der Waals surface area contributed by atoms with Crippen molar-refractivity contribution < 1.29 is 17.5 Å². The van der Waals surface area contributed by atoms with Crippen LogP contribution in [0.5, 0.6) is 5.75 Å². The van der Waals surface area contributed by atoms with Gasteiger partial charge < -0.3 is 20.1 Å². The number of aromatic hydroxyl groups is 1. The number of aryl methyl sites for hydroxylation is 2. The molecule has 7 nitrogen and oxygen atoms in total. The minimum Gasteiger partial charge on any atom is -0.507 e. The highest BCUT2D eigenvalue weighted by atomic mass is 16.5. The van der Waals surface area contributed by atoms with Gasteiger partial charge in [0.25, 0.3) is 0 Å². The van der Waals surface area contributed by atoms with E-state index in [9.17, 15) is 9.90 Å². The van der Waals surface area contributed by atoms with Crippen LogP contribution in [0.3, 0.4) is 0 Å². The minimum absolute atomic E-state index is 0. The average molecular weight is 451 g/mol. The Bertz CT molecular complexity index is 1170. The first-order valence-electron chi connectivity index (χ1n) is 11.7. The van der Waals surface area contributed by atoms with Crippen molar-refractivity contribution in [2.24, 2.45) is 0 Å². The topological polar surface area (TPSA) is 87.6 Å². The van der Waals surface area contributed by atoms with Gasteiger partial charge in [0.2, 0.25) is 5.91 Å². The molecule has 2 aromatic carbocycles. The van der Waals surface area contributed by atoms with Gasteiger partial charge in [0.15, 0.2) is 5.82 Å². The number of carbonyl (C=O) groups excluding carboxylic acids is 1. The fourth-order valence-corrected chi connectivity index (χ4v) is 4.83. The number of piperidine rings is 1. The number of phenols is 1. The molecule has 1 aromatic heterocycles. The number of hydrogen-bond donors (Lipinski definition) is 2. The van der Waals surface area contributed by atoms with Crippen LogP contribution >= 0.6 is 0 Å². The number of fused-ring (bicyclic) bond motifs is 1. The molecule has 176 valence electrons. The number of ether oxygens (including phenoxy) is 1. The Balaban J connectivity index is 0.00000171. The monoisotopic (exact) mass is 450 g/mol. The smallest absolute Gasteiger partial charge is 0.249 e. The van der Waals surface area contributed by atoms with Crippen LogP contribution in [0.25, 0.3) is 22.3 Å². The lowest BCUT2D eigenvalue weighted by molar-refractivity contribution is -0.130. The number of hydrogen-bond acceptors (Lipinski definition) is 6. The van der Waals surface area contributed by atoms with E-state index >= 15 is 0 Å². The largest absolute Gasteiger partial charge is 0.507 e. The zero-order valence-corrected chi connectivity index (χ0v) is 19.2. The maximum atomic E-state index is 12.4. The Morgan fingerprint density at radius 2 is 1.97 bits per heavy atom. The Hall–Kier alpha value is -3.19. The molecule has 1 amide bonds. The molecule has 2 aliphatic rings. The highest BCUT2D eigenvalue weighted by Gasteiger charge is 2.28. The molecule has 0 radical (unpaired) electrons. The van der Waals surface area contributed by atoms with Crippen molar-refractivity contribution in [3.63, 3.8) is 0 Å². The van der Waals surface area contributed by atoms with Crippen LogP contribution in [-0.4, -0.2) is 52.8 Å². The first-order chi connectivity index (χ1) is 16.0. The number of nitrogens with zero attached hydrogens (tertiary/aromatic N) is 3. The third kappa shape index (κ3) is 4.37. The molecule has 0 spiro atoms. The quantitative estimate of drug-likeness (QED) is 0.614. The maximum absolute atomic E-state index is 12.4. The first kappa shape index (κ1) is 21.6. The van der Waals surface area contributed by atoms with Gasteiger partial charge >= 0.3 is 0 Å². The van der Waals surface area contributed by atoms with Crippen LogP contribution in [0.2, 0.25) is 0 Å². The molecule has 2 saturated heterocycles. The highest BCUT2D eigenvalue weighted by Crippen LogP contribution is 2.34. The van der Waals surface area contributed by atoms with Crippen molar-refractivity contribution in [3.8, 4) is 17.1 Å². The molecule has 2 N–H and O–H groups in total. The molecular weight excluding hydrogens is 416 g/mol. The Labute approximate surface area is 196 Å². The normalized spacial score (nSPS) is 19.2. The van der Waals surface area contributed by atoms with Crippen LogP contribution in [0.15, 0.2) is 36.4 Å². The summed E-state index contributed by atoms with van der Waals surface area (Å²) in [5, 5.41) is 14.7. The molecule has 5 rings (SSSR count). The van der Waals surface area contributed by atoms with E-state index in [4.69, 9.17) is 14.7 Å². The number of nitrogens with one attached hydrogen (secondary N) is 1. The summed E-state index contributed by atoms with van der Waals surface area (Å²) in [6, 6.07) is 11.8. The lowest BCUT2D eigenvalue weighted by Gasteiger charge is -2.34. The van der Waals surface area contributed by atoms with Crippen molar-refractivity contribution in [2.75, 3.05) is 24.6 Å². The second kappa shape index (κ2) is 8.98. The SMILES string of the molecule is Cc1ccc2c(N3CCC(NC(=O)[C@@H]4CCCO4)CC3)nc(-c3c(C)cccc3O)nc2c1.[HH].[HH]. The average Bonchev–Trinajstić information content (AvgIpc) is 3.34. The second-order valence-electron chi connectivity index (χ2n) is 9.13. The van der Waals surface area contributed by atoms with Crippen LogP contribution in [0.4, 0.5) is 5.82 Å². The molecule has 0 saturated carbocycles. The summed E-state index contributed by atoms with van der Waals surface area (Å²) in [7, 11) is 0. The number of rotatable bonds is 4. The molecule has 1 atom stereocenters. The van der Waals surface area contributed by atoms with E-state index in [0.717, 1.165) is 66.6 Å². The predicted octanol–water partition coefficient (Wildman–Crippen LogP) is 4.38. The number of aromatic nitrogens is 2. The van der Waals surface area contributed by atoms with E-state index in [2.05, 4.69) is 28.4 Å². The number of benzene rings is 2. The number of anilines is 1. The van der Waals surface area contributed by atoms with Crippen LogP contribution in [-0.2, 0) is 9.53 Å². The standard InChI is InChI=1S/C26H30N4O3.2H2/c1-16-8-9-19-20(15-16)28-24(23-17(2)5-3-6-21(23)31)29-25(19)30-12-10-18(11-13-30)27-26(32)22-7-4-14-33-22;;/h3,5-6,8-9,15,18,22,31H,4,7,10-14H2,1-2H3,(H,27,32);2*1H/t22-;;/m0../s1. The molecule has 0 unspecified atom stereocenters. The Morgan fingerprint density at radius 3 is 2.70 bits per heavy atom. The van der Waals surface area contributed by atoms with Gasteiger partial charge in [-0.15, -0.1) is 0 Å². The maximum Gasteiger partial charge on any atom is 0.249 e. The summed E-state index contributed by atoms with van der Waals surface area (Å²) in [5.41, 5.74) is 3.60. The van der Waals surface area contributed by atoms with Crippen LogP contribution < -0.4 is 10.2 Å². The summed E-state index contributed by atoms with van der Waals surface area (Å²) in [5.74, 6) is 1.61. The van der Waals surface area contributed by atoms with Gasteiger partial charge in [-0.3, -0.25) is 4.79 Å². The minimum atomic E-state index is -0.290. The number of amides is 1. The summed E-state index contributed by atoms with van der Waals surface area (Å²) < 4.78 is 5.52. The van der Waals surface area contributed by atoms with E-state index in [1.807, 2.05) is 26.0 Å². The fourth-order valence-electron chi connectivity index (χ4n) is 4.83. The molecule has 7 heteroatoms. The van der Waals surface area contributed by atoms with Gasteiger partial charge in [-0.25, -0.2) is 9.97 Å². The van der Waals surface area contributed by atoms with Crippen molar-refractivity contribution >= 4 is 22.6 Å². The molecule has 3 heterocycles. The summed E-state index contributed by atoms with van der Waals surface area (Å²) in [6.45, 7) is 6.26. The Morgan fingerprint density at radius 1 is 1.15 bits per heavy atom. The molecular formula is C26H34N4O3. The van der Waals surface area contributed by atoms with Crippen molar-refractivity contribution in [2.45, 2.75) is 51.7 Å². The summed E-state index contributed by atoms with van der Waals surface area (Å²) in [4.78, 5) is 24.5.